The van der Waals surface area contributed by atoms with Crippen LogP contribution in [0.1, 0.15) is 12.5 Å². The summed E-state index contributed by atoms with van der Waals surface area (Å²) in [6, 6.07) is 8.41. The van der Waals surface area contributed by atoms with E-state index in [1.54, 1.807) is 0 Å². The van der Waals surface area contributed by atoms with E-state index < -0.39 is 22.2 Å². The Hall–Kier alpha value is -1.69. The number of alkyl halides is 1. The third-order valence-corrected chi connectivity index (χ3v) is 3.42. The molecular formula is C12H11BrN2O3. The van der Waals surface area contributed by atoms with Gasteiger partial charge < -0.3 is 0 Å². The highest BCUT2D eigenvalue weighted by molar-refractivity contribution is 9.10. The quantitative estimate of drug-likeness (QED) is 0.663. The second kappa shape index (κ2) is 4.53. The summed E-state index contributed by atoms with van der Waals surface area (Å²) in [6.07, 6.45) is 0. The molecule has 94 valence electrons. The van der Waals surface area contributed by atoms with E-state index in [1.807, 2.05) is 30.3 Å². The van der Waals surface area contributed by atoms with Gasteiger partial charge in [0, 0.05) is 0 Å². The molecule has 1 aromatic rings. The lowest BCUT2D eigenvalue weighted by molar-refractivity contribution is -0.139. The Morgan fingerprint density at radius 2 is 1.83 bits per heavy atom. The third kappa shape index (κ3) is 2.15. The number of nitrogens with one attached hydrogen (secondary N) is 1. The summed E-state index contributed by atoms with van der Waals surface area (Å²) in [5, 5.41) is 2.15. The van der Waals surface area contributed by atoms with Crippen LogP contribution in [0.3, 0.4) is 0 Å². The topological polar surface area (TPSA) is 66.5 Å². The molecule has 2 rings (SSSR count). The van der Waals surface area contributed by atoms with Crippen LogP contribution >= 0.6 is 15.9 Å². The lowest BCUT2D eigenvalue weighted by atomic mass is 10.1. The molecule has 1 fully saturated rings. The number of barbiturate groups is 1. The van der Waals surface area contributed by atoms with Crippen molar-refractivity contribution >= 4 is 33.8 Å². The van der Waals surface area contributed by atoms with Gasteiger partial charge in [0.05, 0.1) is 6.54 Å². The van der Waals surface area contributed by atoms with Crippen molar-refractivity contribution in [2.45, 2.75) is 17.8 Å². The van der Waals surface area contributed by atoms with Crippen LogP contribution in [-0.2, 0) is 16.1 Å². The van der Waals surface area contributed by atoms with Gasteiger partial charge in [-0.05, 0) is 12.5 Å². The second-order valence-corrected chi connectivity index (χ2v) is 5.73. The zero-order valence-corrected chi connectivity index (χ0v) is 11.2. The van der Waals surface area contributed by atoms with Crippen molar-refractivity contribution in [3.8, 4) is 0 Å². The van der Waals surface area contributed by atoms with Crippen LogP contribution in [-0.4, -0.2) is 27.1 Å². The molecule has 4 amide bonds. The first kappa shape index (κ1) is 12.8. The van der Waals surface area contributed by atoms with E-state index in [9.17, 15) is 14.4 Å². The van der Waals surface area contributed by atoms with Gasteiger partial charge in [-0.1, -0.05) is 46.3 Å². The molecule has 1 aromatic carbocycles. The molecule has 5 nitrogen and oxygen atoms in total. The van der Waals surface area contributed by atoms with Gasteiger partial charge in [-0.3, -0.25) is 19.8 Å². The number of rotatable bonds is 2. The standard InChI is InChI=1S/C12H11BrN2O3/c1-12(13)9(16)14-11(18)15(10(12)17)7-8-5-3-2-4-6-8/h2-6H,7H2,1H3,(H,14,16,18). The Labute approximate surface area is 112 Å². The van der Waals surface area contributed by atoms with E-state index in [0.717, 1.165) is 10.5 Å². The molecule has 1 aliphatic heterocycles. The highest BCUT2D eigenvalue weighted by Gasteiger charge is 2.48. The fraction of sp³-hybridized carbons (Fsp3) is 0.250. The molecule has 6 heteroatoms. The van der Waals surface area contributed by atoms with Gasteiger partial charge in [0.2, 0.25) is 0 Å². The molecule has 0 bridgehead atoms. The molecule has 0 radical (unpaired) electrons. The van der Waals surface area contributed by atoms with Crippen LogP contribution in [0.2, 0.25) is 0 Å². The summed E-state index contributed by atoms with van der Waals surface area (Å²) >= 11 is 3.05. The number of imide groups is 2. The monoisotopic (exact) mass is 310 g/mol. The SMILES string of the molecule is CC1(Br)C(=O)NC(=O)N(Cc2ccccc2)C1=O. The maximum absolute atomic E-state index is 12.1. The molecule has 1 heterocycles. The molecule has 1 aliphatic rings. The van der Waals surface area contributed by atoms with Crippen molar-refractivity contribution in [3.63, 3.8) is 0 Å². The normalized spacial score (nSPS) is 24.1. The molecule has 18 heavy (non-hydrogen) atoms. The maximum atomic E-state index is 12.1. The van der Waals surface area contributed by atoms with Gasteiger partial charge in [0.25, 0.3) is 11.8 Å². The molecule has 0 spiro atoms. The minimum absolute atomic E-state index is 0.139. The molecule has 1 N–H and O–H groups in total. The highest BCUT2D eigenvalue weighted by Crippen LogP contribution is 2.25. The van der Waals surface area contributed by atoms with E-state index >= 15 is 0 Å². The summed E-state index contributed by atoms with van der Waals surface area (Å²) < 4.78 is -1.39. The third-order valence-electron chi connectivity index (χ3n) is 2.72. The smallest absolute Gasteiger partial charge is 0.276 e. The van der Waals surface area contributed by atoms with Gasteiger partial charge in [-0.25, -0.2) is 4.79 Å². The van der Waals surface area contributed by atoms with E-state index in [4.69, 9.17) is 0 Å². The van der Waals surface area contributed by atoms with Crippen molar-refractivity contribution in [1.82, 2.24) is 10.2 Å². The zero-order chi connectivity index (χ0) is 13.3. The average Bonchev–Trinajstić information content (AvgIpc) is 2.34. The van der Waals surface area contributed by atoms with Crippen LogP contribution < -0.4 is 5.32 Å². The second-order valence-electron chi connectivity index (χ2n) is 4.14. The van der Waals surface area contributed by atoms with Crippen molar-refractivity contribution in [2.24, 2.45) is 0 Å². The van der Waals surface area contributed by atoms with E-state index in [1.165, 1.54) is 6.92 Å². The first-order chi connectivity index (χ1) is 8.43. The number of amides is 4. The van der Waals surface area contributed by atoms with Crippen LogP contribution in [0.25, 0.3) is 0 Å². The zero-order valence-electron chi connectivity index (χ0n) is 9.64. The van der Waals surface area contributed by atoms with E-state index in [0.29, 0.717) is 0 Å². The number of carbonyl (C=O) groups excluding carboxylic acids is 3. The van der Waals surface area contributed by atoms with Gasteiger partial charge in [0.1, 0.15) is 0 Å². The number of nitrogens with zero attached hydrogens (tertiary/aromatic N) is 1. The van der Waals surface area contributed by atoms with Crippen molar-refractivity contribution < 1.29 is 14.4 Å². The minimum atomic E-state index is -1.39. The number of urea groups is 1. The van der Waals surface area contributed by atoms with Crippen LogP contribution in [0.4, 0.5) is 4.79 Å². The Bertz CT molecular complexity index is 513. The fourth-order valence-electron chi connectivity index (χ4n) is 1.63. The molecule has 1 saturated heterocycles. The van der Waals surface area contributed by atoms with Gasteiger partial charge in [-0.2, -0.15) is 0 Å². The van der Waals surface area contributed by atoms with Crippen LogP contribution in [0, 0.1) is 0 Å². The van der Waals surface area contributed by atoms with Gasteiger partial charge >= 0.3 is 6.03 Å². The van der Waals surface area contributed by atoms with Crippen molar-refractivity contribution in [3.05, 3.63) is 35.9 Å². The fourth-order valence-corrected chi connectivity index (χ4v) is 1.95. The number of hydrogen-bond acceptors (Lipinski definition) is 3. The van der Waals surface area contributed by atoms with Crippen LogP contribution in [0.15, 0.2) is 30.3 Å². The van der Waals surface area contributed by atoms with E-state index in [2.05, 4.69) is 21.2 Å². The highest BCUT2D eigenvalue weighted by atomic mass is 79.9. The summed E-state index contributed by atoms with van der Waals surface area (Å²) in [7, 11) is 0. The predicted octanol–water partition coefficient (Wildman–Crippen LogP) is 1.42. The van der Waals surface area contributed by atoms with Crippen molar-refractivity contribution in [2.75, 3.05) is 0 Å². The number of halogens is 1. The lowest BCUT2D eigenvalue weighted by Crippen LogP contribution is -2.63. The first-order valence-corrected chi connectivity index (χ1v) is 6.12. The molecule has 0 aliphatic carbocycles. The maximum Gasteiger partial charge on any atom is 0.331 e. The number of carbonyl (C=O) groups is 3. The number of benzene rings is 1. The summed E-state index contributed by atoms with van der Waals surface area (Å²) in [6.45, 7) is 1.56. The average molecular weight is 311 g/mol. The molecular weight excluding hydrogens is 300 g/mol. The Kier molecular flexibility index (Phi) is 3.21. The Morgan fingerprint density at radius 1 is 1.22 bits per heavy atom. The summed E-state index contributed by atoms with van der Waals surface area (Å²) in [4.78, 5) is 36.3. The number of hydrogen-bond donors (Lipinski definition) is 1. The minimum Gasteiger partial charge on any atom is -0.276 e. The van der Waals surface area contributed by atoms with E-state index in [-0.39, 0.29) is 6.54 Å². The van der Waals surface area contributed by atoms with Gasteiger partial charge in [-0.15, -0.1) is 0 Å². The van der Waals surface area contributed by atoms with Crippen molar-refractivity contribution in [1.29, 1.82) is 0 Å². The molecule has 0 aromatic heterocycles. The molecule has 0 saturated carbocycles. The Balaban J connectivity index is 2.25. The van der Waals surface area contributed by atoms with Crippen LogP contribution in [0.5, 0.6) is 0 Å². The first-order valence-electron chi connectivity index (χ1n) is 5.33. The summed E-state index contributed by atoms with van der Waals surface area (Å²) in [5.74, 6) is -1.19. The largest absolute Gasteiger partial charge is 0.331 e. The Morgan fingerprint density at radius 3 is 2.44 bits per heavy atom. The lowest BCUT2D eigenvalue weighted by Gasteiger charge is -2.33. The molecule has 1 atom stereocenters. The molecule has 1 unspecified atom stereocenters. The van der Waals surface area contributed by atoms with Gasteiger partial charge in [0.15, 0.2) is 4.32 Å². The predicted molar refractivity (Wildman–Crippen MR) is 67.9 cm³/mol. The summed E-state index contributed by atoms with van der Waals surface area (Å²) in [5.41, 5.74) is 0.818.